The van der Waals surface area contributed by atoms with Crippen LogP contribution in [0.4, 0.5) is 0 Å². The summed E-state index contributed by atoms with van der Waals surface area (Å²) < 4.78 is 60.4. The van der Waals surface area contributed by atoms with Crippen LogP contribution in [0.5, 0.6) is 0 Å². The summed E-state index contributed by atoms with van der Waals surface area (Å²) in [5.74, 6) is -0.0178. The van der Waals surface area contributed by atoms with Gasteiger partial charge < -0.3 is 52.7 Å². The number of amides is 1. The van der Waals surface area contributed by atoms with Gasteiger partial charge in [-0.05, 0) is 46.3 Å². The fourth-order valence-electron chi connectivity index (χ4n) is 8.00. The highest BCUT2D eigenvalue weighted by atomic mass is 28.4. The van der Waals surface area contributed by atoms with E-state index in [2.05, 4.69) is 46.1 Å². The fourth-order valence-corrected chi connectivity index (χ4v) is 10.3. The lowest BCUT2D eigenvalue weighted by Gasteiger charge is -2.50. The normalized spacial score (nSPS) is 26.5. The monoisotopic (exact) mass is 899 g/mol. The Balaban J connectivity index is 1.40. The number of rotatable bonds is 22. The van der Waals surface area contributed by atoms with Crippen LogP contribution in [0.25, 0.3) is 0 Å². The van der Waals surface area contributed by atoms with E-state index in [0.29, 0.717) is 12.5 Å². The number of methoxy groups -OCH3 is 1. The summed E-state index contributed by atoms with van der Waals surface area (Å²) in [4.78, 5) is 12.6. The van der Waals surface area contributed by atoms with Crippen LogP contribution in [0.2, 0.25) is 18.1 Å². The molecule has 2 heterocycles. The summed E-state index contributed by atoms with van der Waals surface area (Å²) in [6, 6.07) is 38.7. The molecule has 4 aromatic carbocycles. The number of aliphatic hydroxyl groups excluding tert-OH is 1. The van der Waals surface area contributed by atoms with Crippen molar-refractivity contribution < 1.29 is 52.2 Å². The number of hydrogen-bond acceptors (Lipinski definition) is 11. The predicted molar refractivity (Wildman–Crippen MR) is 246 cm³/mol. The number of carbonyl (C=O) groups excluding carboxylic acids is 1. The fraction of sp³-hybridized carbons (Fsp3) is 0.510. The van der Waals surface area contributed by atoms with Gasteiger partial charge in [-0.3, -0.25) is 4.79 Å². The van der Waals surface area contributed by atoms with E-state index in [-0.39, 0.29) is 44.0 Å². The molecule has 0 saturated carbocycles. The molecule has 13 heteroatoms. The van der Waals surface area contributed by atoms with Crippen molar-refractivity contribution in [2.45, 2.75) is 141 Å². The Morgan fingerprint density at radius 3 is 1.56 bits per heavy atom. The molecule has 1 amide bonds. The average molecular weight is 900 g/mol. The molecule has 4 aromatic rings. The van der Waals surface area contributed by atoms with Crippen molar-refractivity contribution in [3.05, 3.63) is 144 Å². The van der Waals surface area contributed by atoms with Gasteiger partial charge in [0.05, 0.1) is 39.6 Å². The minimum Gasteiger partial charge on any atom is -0.414 e. The molecule has 2 saturated heterocycles. The molecule has 0 unspecified atom stereocenters. The topological polar surface area (TPSA) is 132 Å². The SMILES string of the molecule is CO[C@@H]1O[C@H](CO[Si](C)(C)C(C)(C)C(C)C)[C@@H](O[C@H]2O[C@H](COCc3ccccc3)[C@@H](OCc3ccccc3)[C@H](OCc3ccccc3)[C@H]2OCc2ccccc2)[C@H](O)[C@H]1NC(C)=O. The molecule has 0 aromatic heterocycles. The second-order valence-corrected chi connectivity index (χ2v) is 22.7. The van der Waals surface area contributed by atoms with E-state index in [1.54, 1.807) is 0 Å². The highest BCUT2D eigenvalue weighted by molar-refractivity contribution is 6.74. The molecule has 10 atom stereocenters. The minimum absolute atomic E-state index is 0.0897. The molecule has 0 bridgehead atoms. The van der Waals surface area contributed by atoms with Gasteiger partial charge in [0, 0.05) is 14.0 Å². The Morgan fingerprint density at radius 1 is 0.656 bits per heavy atom. The molecule has 2 aliphatic heterocycles. The number of carbonyl (C=O) groups is 1. The van der Waals surface area contributed by atoms with Crippen molar-refractivity contribution in [1.82, 2.24) is 5.32 Å². The molecule has 12 nitrogen and oxygen atoms in total. The van der Waals surface area contributed by atoms with Crippen LogP contribution in [0.15, 0.2) is 121 Å². The molecule has 64 heavy (non-hydrogen) atoms. The zero-order chi connectivity index (χ0) is 45.7. The lowest BCUT2D eigenvalue weighted by Crippen LogP contribution is -2.68. The maximum absolute atomic E-state index is 12.6. The first-order valence-corrected chi connectivity index (χ1v) is 25.3. The highest BCUT2D eigenvalue weighted by Crippen LogP contribution is 2.45. The number of aliphatic hydroxyl groups is 1. The molecule has 0 radical (unpaired) electrons. The van der Waals surface area contributed by atoms with Crippen LogP contribution < -0.4 is 5.32 Å². The smallest absolute Gasteiger partial charge is 0.217 e. The summed E-state index contributed by atoms with van der Waals surface area (Å²) in [7, 11) is -0.932. The van der Waals surface area contributed by atoms with Gasteiger partial charge >= 0.3 is 0 Å². The van der Waals surface area contributed by atoms with Crippen molar-refractivity contribution in [2.75, 3.05) is 20.3 Å². The van der Waals surface area contributed by atoms with Gasteiger partial charge in [-0.25, -0.2) is 0 Å². The van der Waals surface area contributed by atoms with E-state index in [1.165, 1.54) is 14.0 Å². The molecule has 6 rings (SSSR count). The van der Waals surface area contributed by atoms with Crippen molar-refractivity contribution in [3.63, 3.8) is 0 Å². The Hall–Kier alpha value is -3.83. The second kappa shape index (κ2) is 23.6. The number of ether oxygens (including phenoxy) is 8. The third-order valence-electron chi connectivity index (χ3n) is 13.0. The van der Waals surface area contributed by atoms with Crippen molar-refractivity contribution in [1.29, 1.82) is 0 Å². The van der Waals surface area contributed by atoms with Gasteiger partial charge in [0.15, 0.2) is 20.9 Å². The lowest BCUT2D eigenvalue weighted by atomic mass is 9.95. The van der Waals surface area contributed by atoms with E-state index in [4.69, 9.17) is 42.3 Å². The predicted octanol–water partition coefficient (Wildman–Crippen LogP) is 7.96. The van der Waals surface area contributed by atoms with Crippen LogP contribution >= 0.6 is 0 Å². The molecule has 0 spiro atoms. The molecule has 2 aliphatic rings. The van der Waals surface area contributed by atoms with E-state index >= 15 is 0 Å². The standard InChI is InChI=1S/C51H69NO11Si/c1-35(2)51(4,5)64(7,8)60-34-42-45(44(54)43(52-36(3)53)49(55-6)61-42)63-50-48(59-32-40-27-19-12-20-28-40)47(58-31-39-25-17-11-18-26-39)46(57-30-38-23-15-10-16-24-38)41(62-50)33-56-29-37-21-13-9-14-22-37/h9-28,35,41-50,54H,29-34H2,1-8H3,(H,52,53)/t41-,42-,43-,44-,45-,46-,47+,48-,49-,50-/m1/s1. The lowest BCUT2D eigenvalue weighted by molar-refractivity contribution is -0.361. The molecule has 0 aliphatic carbocycles. The first-order valence-electron chi connectivity index (χ1n) is 22.4. The van der Waals surface area contributed by atoms with Crippen LogP contribution in [0, 0.1) is 5.92 Å². The molecule has 2 N–H and O–H groups in total. The van der Waals surface area contributed by atoms with Gasteiger partial charge in [-0.2, -0.15) is 0 Å². The van der Waals surface area contributed by atoms with E-state index in [1.807, 2.05) is 121 Å². The summed E-state index contributed by atoms with van der Waals surface area (Å²) in [6.45, 7) is 15.9. The summed E-state index contributed by atoms with van der Waals surface area (Å²) >= 11 is 0. The minimum atomic E-state index is -2.41. The summed E-state index contributed by atoms with van der Waals surface area (Å²) in [5.41, 5.74) is 3.87. The molecule has 2 fully saturated rings. The quantitative estimate of drug-likeness (QED) is 0.0745. The number of nitrogens with one attached hydrogen (secondary N) is 1. The maximum Gasteiger partial charge on any atom is 0.217 e. The maximum atomic E-state index is 12.6. The molecular formula is C51H69NO11Si. The van der Waals surface area contributed by atoms with Gasteiger partial charge in [-0.1, -0.05) is 149 Å². The van der Waals surface area contributed by atoms with Crippen molar-refractivity contribution in [3.8, 4) is 0 Å². The second-order valence-electron chi connectivity index (χ2n) is 18.1. The average Bonchev–Trinajstić information content (AvgIpc) is 3.29. The number of benzene rings is 4. The van der Waals surface area contributed by atoms with Gasteiger partial charge in [0.25, 0.3) is 0 Å². The van der Waals surface area contributed by atoms with Crippen molar-refractivity contribution >= 4 is 14.2 Å². The van der Waals surface area contributed by atoms with Crippen LogP contribution in [-0.2, 0) is 73.5 Å². The molecular weight excluding hydrogens is 831 g/mol. The summed E-state index contributed by atoms with van der Waals surface area (Å²) in [6.07, 6.45) is -8.54. The third kappa shape index (κ3) is 13.2. The Morgan fingerprint density at radius 2 is 1.09 bits per heavy atom. The van der Waals surface area contributed by atoms with Crippen molar-refractivity contribution in [2.24, 2.45) is 5.92 Å². The zero-order valence-electron chi connectivity index (χ0n) is 38.7. The van der Waals surface area contributed by atoms with E-state index < -0.39 is 69.7 Å². The largest absolute Gasteiger partial charge is 0.414 e. The van der Waals surface area contributed by atoms with Crippen LogP contribution in [0.1, 0.15) is 56.9 Å². The highest BCUT2D eigenvalue weighted by Gasteiger charge is 2.54. The Labute approximate surface area is 380 Å². The van der Waals surface area contributed by atoms with Gasteiger partial charge in [0.1, 0.15) is 48.8 Å². The van der Waals surface area contributed by atoms with E-state index in [9.17, 15) is 9.90 Å². The summed E-state index contributed by atoms with van der Waals surface area (Å²) in [5, 5.41) is 15.1. The van der Waals surface area contributed by atoms with Crippen LogP contribution in [0.3, 0.4) is 0 Å². The van der Waals surface area contributed by atoms with E-state index in [0.717, 1.165) is 22.3 Å². The Bertz CT molecular complexity index is 1960. The third-order valence-corrected chi connectivity index (χ3v) is 17.6. The zero-order valence-corrected chi connectivity index (χ0v) is 39.7. The van der Waals surface area contributed by atoms with Gasteiger partial charge in [0.2, 0.25) is 5.91 Å². The first kappa shape index (κ1) is 49.6. The Kier molecular flexibility index (Phi) is 18.3. The molecule has 348 valence electrons. The first-order chi connectivity index (χ1) is 30.8. The number of hydrogen-bond donors (Lipinski definition) is 2. The van der Waals surface area contributed by atoms with Crippen LogP contribution in [-0.4, -0.2) is 101 Å². The van der Waals surface area contributed by atoms with Gasteiger partial charge in [-0.15, -0.1) is 0 Å².